The summed E-state index contributed by atoms with van der Waals surface area (Å²) < 4.78 is 27.1. The Labute approximate surface area is 129 Å². The molecule has 2 heterocycles. The summed E-state index contributed by atoms with van der Waals surface area (Å²) in [5, 5.41) is 5.02. The van der Waals surface area contributed by atoms with E-state index < -0.39 is 10.0 Å². The SMILES string of the molecule is CCCNCc1cc(S(=O)(=O)NCC2CCSC2)cs1. The van der Waals surface area contributed by atoms with Crippen molar-refractivity contribution in [2.45, 2.75) is 31.2 Å². The quantitative estimate of drug-likeness (QED) is 0.716. The Morgan fingerprint density at radius 2 is 2.30 bits per heavy atom. The highest BCUT2D eigenvalue weighted by molar-refractivity contribution is 7.99. The first-order chi connectivity index (χ1) is 9.62. The van der Waals surface area contributed by atoms with E-state index in [0.717, 1.165) is 42.3 Å². The van der Waals surface area contributed by atoms with Crippen LogP contribution in [0, 0.1) is 5.92 Å². The first-order valence-corrected chi connectivity index (χ1v) is 10.5. The molecule has 1 aromatic rings. The molecule has 1 aliphatic heterocycles. The van der Waals surface area contributed by atoms with E-state index in [1.165, 1.54) is 11.3 Å². The van der Waals surface area contributed by atoms with Crippen LogP contribution in [0.4, 0.5) is 0 Å². The maximum absolute atomic E-state index is 12.2. The van der Waals surface area contributed by atoms with Crippen molar-refractivity contribution in [1.82, 2.24) is 10.0 Å². The molecular weight excluding hydrogens is 312 g/mol. The van der Waals surface area contributed by atoms with Gasteiger partial charge in [-0.3, -0.25) is 0 Å². The zero-order chi connectivity index (χ0) is 14.4. The van der Waals surface area contributed by atoms with Crippen LogP contribution in [-0.4, -0.2) is 33.0 Å². The Hall–Kier alpha value is -0.0800. The maximum atomic E-state index is 12.2. The molecular formula is C13H22N2O2S3. The summed E-state index contributed by atoms with van der Waals surface area (Å²) >= 11 is 3.40. The molecule has 20 heavy (non-hydrogen) atoms. The van der Waals surface area contributed by atoms with Crippen LogP contribution >= 0.6 is 23.1 Å². The van der Waals surface area contributed by atoms with Crippen molar-refractivity contribution < 1.29 is 8.42 Å². The molecule has 0 bridgehead atoms. The van der Waals surface area contributed by atoms with Crippen LogP contribution in [0.2, 0.25) is 0 Å². The third kappa shape index (κ3) is 4.73. The molecule has 0 saturated carbocycles. The van der Waals surface area contributed by atoms with Crippen LogP contribution in [0.3, 0.4) is 0 Å². The molecule has 114 valence electrons. The third-order valence-electron chi connectivity index (χ3n) is 3.25. The molecule has 0 radical (unpaired) electrons. The summed E-state index contributed by atoms with van der Waals surface area (Å²) in [6, 6.07) is 1.78. The van der Waals surface area contributed by atoms with Crippen LogP contribution in [0.25, 0.3) is 0 Å². The van der Waals surface area contributed by atoms with E-state index in [2.05, 4.69) is 17.0 Å². The molecule has 4 nitrogen and oxygen atoms in total. The largest absolute Gasteiger partial charge is 0.312 e. The number of sulfonamides is 1. The normalized spacial score (nSPS) is 19.6. The minimum atomic E-state index is -3.33. The van der Waals surface area contributed by atoms with Gasteiger partial charge in [-0.1, -0.05) is 6.92 Å². The second-order valence-corrected chi connectivity index (χ2v) is 8.92. The number of hydrogen-bond donors (Lipinski definition) is 2. The fourth-order valence-electron chi connectivity index (χ4n) is 2.04. The molecule has 0 spiro atoms. The van der Waals surface area contributed by atoms with E-state index in [1.807, 2.05) is 11.8 Å². The summed E-state index contributed by atoms with van der Waals surface area (Å²) in [6.45, 7) is 4.38. The fraction of sp³-hybridized carbons (Fsp3) is 0.692. The minimum Gasteiger partial charge on any atom is -0.312 e. The van der Waals surface area contributed by atoms with E-state index in [-0.39, 0.29) is 0 Å². The summed E-state index contributed by atoms with van der Waals surface area (Å²) in [5.41, 5.74) is 0. The third-order valence-corrected chi connectivity index (χ3v) is 6.97. The van der Waals surface area contributed by atoms with Crippen LogP contribution in [0.15, 0.2) is 16.3 Å². The molecule has 1 atom stereocenters. The van der Waals surface area contributed by atoms with Gasteiger partial charge in [0.1, 0.15) is 0 Å². The number of hydrogen-bond acceptors (Lipinski definition) is 5. The van der Waals surface area contributed by atoms with Crippen LogP contribution in [-0.2, 0) is 16.6 Å². The first kappa shape index (κ1) is 16.3. The van der Waals surface area contributed by atoms with Crippen LogP contribution in [0.5, 0.6) is 0 Å². The number of thiophene rings is 1. The van der Waals surface area contributed by atoms with Crippen molar-refractivity contribution >= 4 is 33.1 Å². The minimum absolute atomic E-state index is 0.404. The van der Waals surface area contributed by atoms with Crippen molar-refractivity contribution in [2.24, 2.45) is 5.92 Å². The maximum Gasteiger partial charge on any atom is 0.241 e. The van der Waals surface area contributed by atoms with Crippen LogP contribution in [0.1, 0.15) is 24.6 Å². The lowest BCUT2D eigenvalue weighted by Gasteiger charge is -2.09. The van der Waals surface area contributed by atoms with E-state index >= 15 is 0 Å². The van der Waals surface area contributed by atoms with Gasteiger partial charge in [-0.05, 0) is 42.9 Å². The van der Waals surface area contributed by atoms with Crippen LogP contribution < -0.4 is 10.0 Å². The number of thioether (sulfide) groups is 1. The van der Waals surface area contributed by atoms with E-state index in [4.69, 9.17) is 0 Å². The highest BCUT2D eigenvalue weighted by Crippen LogP contribution is 2.24. The first-order valence-electron chi connectivity index (χ1n) is 6.97. The van der Waals surface area contributed by atoms with Gasteiger partial charge >= 0.3 is 0 Å². The van der Waals surface area contributed by atoms with Gasteiger partial charge in [0, 0.05) is 23.3 Å². The molecule has 0 amide bonds. The highest BCUT2D eigenvalue weighted by atomic mass is 32.2. The standard InChI is InChI=1S/C13H22N2O2S3/c1-2-4-14-8-12-6-13(10-19-12)20(16,17)15-7-11-3-5-18-9-11/h6,10-11,14-15H,2-5,7-9H2,1H3. The Morgan fingerprint density at radius 3 is 3.00 bits per heavy atom. The van der Waals surface area contributed by atoms with Crippen molar-refractivity contribution in [3.8, 4) is 0 Å². The van der Waals surface area contributed by atoms with Crippen molar-refractivity contribution in [3.63, 3.8) is 0 Å². The molecule has 2 N–H and O–H groups in total. The van der Waals surface area contributed by atoms with E-state index in [0.29, 0.717) is 17.4 Å². The van der Waals surface area contributed by atoms with Gasteiger partial charge in [0.15, 0.2) is 0 Å². The fourth-order valence-corrected chi connectivity index (χ4v) is 5.68. The zero-order valence-electron chi connectivity index (χ0n) is 11.7. The molecule has 7 heteroatoms. The highest BCUT2D eigenvalue weighted by Gasteiger charge is 2.20. The van der Waals surface area contributed by atoms with Crippen molar-refractivity contribution in [1.29, 1.82) is 0 Å². The lowest BCUT2D eigenvalue weighted by molar-refractivity contribution is 0.546. The van der Waals surface area contributed by atoms with Crippen molar-refractivity contribution in [2.75, 3.05) is 24.6 Å². The van der Waals surface area contributed by atoms with E-state index in [1.54, 1.807) is 11.4 Å². The predicted octanol–water partition coefficient (Wildman–Crippen LogP) is 2.28. The summed E-state index contributed by atoms with van der Waals surface area (Å²) in [4.78, 5) is 1.47. The average Bonchev–Trinajstić information content (AvgIpc) is 3.08. The number of nitrogens with one attached hydrogen (secondary N) is 2. The van der Waals surface area contributed by atoms with Gasteiger partial charge in [0.25, 0.3) is 0 Å². The van der Waals surface area contributed by atoms with Gasteiger partial charge in [0.05, 0.1) is 4.90 Å². The molecule has 1 unspecified atom stereocenters. The Bertz CT molecular complexity index is 507. The lowest BCUT2D eigenvalue weighted by Crippen LogP contribution is -2.29. The zero-order valence-corrected chi connectivity index (χ0v) is 14.2. The summed E-state index contributed by atoms with van der Waals surface area (Å²) in [7, 11) is -3.33. The van der Waals surface area contributed by atoms with Gasteiger partial charge < -0.3 is 5.32 Å². The van der Waals surface area contributed by atoms with Gasteiger partial charge in [-0.2, -0.15) is 11.8 Å². The van der Waals surface area contributed by atoms with E-state index in [9.17, 15) is 8.42 Å². The molecule has 0 aliphatic carbocycles. The molecule has 1 saturated heterocycles. The topological polar surface area (TPSA) is 58.2 Å². The Morgan fingerprint density at radius 1 is 1.45 bits per heavy atom. The second-order valence-electron chi connectivity index (χ2n) is 5.01. The van der Waals surface area contributed by atoms with Gasteiger partial charge in [0.2, 0.25) is 10.0 Å². The predicted molar refractivity (Wildman–Crippen MR) is 86.9 cm³/mol. The molecule has 1 aliphatic rings. The lowest BCUT2D eigenvalue weighted by atomic mass is 10.1. The summed E-state index contributed by atoms with van der Waals surface area (Å²) in [6.07, 6.45) is 2.19. The average molecular weight is 335 g/mol. The van der Waals surface area contributed by atoms with Gasteiger partial charge in [-0.25, -0.2) is 13.1 Å². The van der Waals surface area contributed by atoms with Gasteiger partial charge in [-0.15, -0.1) is 11.3 Å². The smallest absolute Gasteiger partial charge is 0.241 e. The summed E-state index contributed by atoms with van der Waals surface area (Å²) in [5.74, 6) is 2.70. The monoisotopic (exact) mass is 334 g/mol. The Balaban J connectivity index is 1.88. The molecule has 0 aromatic carbocycles. The number of rotatable bonds is 8. The molecule has 1 fully saturated rings. The van der Waals surface area contributed by atoms with Crippen molar-refractivity contribution in [3.05, 3.63) is 16.3 Å². The molecule has 2 rings (SSSR count). The Kier molecular flexibility index (Phi) is 6.35. The molecule has 1 aromatic heterocycles. The second kappa shape index (κ2) is 7.79.